The van der Waals surface area contributed by atoms with Crippen molar-refractivity contribution in [3.63, 3.8) is 0 Å². The SMILES string of the molecule is O=C(O)c1ccncc1CCc1cnccc1C1CC1. The topological polar surface area (TPSA) is 63.1 Å². The van der Waals surface area contributed by atoms with Crippen LogP contribution >= 0.6 is 0 Å². The molecule has 0 radical (unpaired) electrons. The van der Waals surface area contributed by atoms with Crippen molar-refractivity contribution in [3.05, 3.63) is 59.2 Å². The first-order chi connectivity index (χ1) is 9.75. The summed E-state index contributed by atoms with van der Waals surface area (Å²) >= 11 is 0. The minimum absolute atomic E-state index is 0.344. The summed E-state index contributed by atoms with van der Waals surface area (Å²) in [7, 11) is 0. The van der Waals surface area contributed by atoms with Crippen molar-refractivity contribution in [1.82, 2.24) is 9.97 Å². The maximum Gasteiger partial charge on any atom is 0.336 e. The average molecular weight is 268 g/mol. The number of hydrogen-bond acceptors (Lipinski definition) is 3. The fraction of sp³-hybridized carbons (Fsp3) is 0.312. The summed E-state index contributed by atoms with van der Waals surface area (Å²) in [5.41, 5.74) is 3.73. The lowest BCUT2D eigenvalue weighted by Crippen LogP contribution is -2.05. The molecule has 0 bridgehead atoms. The van der Waals surface area contributed by atoms with Gasteiger partial charge in [-0.15, -0.1) is 0 Å². The minimum atomic E-state index is -0.893. The summed E-state index contributed by atoms with van der Waals surface area (Å²) in [6, 6.07) is 3.65. The summed E-state index contributed by atoms with van der Waals surface area (Å²) in [5, 5.41) is 9.18. The van der Waals surface area contributed by atoms with E-state index in [1.165, 1.54) is 30.2 Å². The van der Waals surface area contributed by atoms with Crippen molar-refractivity contribution in [2.75, 3.05) is 0 Å². The normalized spacial score (nSPS) is 14.2. The van der Waals surface area contributed by atoms with Crippen LogP contribution in [-0.2, 0) is 12.8 Å². The van der Waals surface area contributed by atoms with Gasteiger partial charge in [-0.3, -0.25) is 9.97 Å². The van der Waals surface area contributed by atoms with E-state index < -0.39 is 5.97 Å². The van der Waals surface area contributed by atoms with Gasteiger partial charge in [-0.25, -0.2) is 4.79 Å². The van der Waals surface area contributed by atoms with E-state index in [1.807, 2.05) is 12.4 Å². The van der Waals surface area contributed by atoms with Gasteiger partial charge in [0.25, 0.3) is 0 Å². The number of rotatable bonds is 5. The van der Waals surface area contributed by atoms with Gasteiger partial charge in [-0.2, -0.15) is 0 Å². The van der Waals surface area contributed by atoms with Gasteiger partial charge in [0.15, 0.2) is 0 Å². The number of carbonyl (C=O) groups is 1. The van der Waals surface area contributed by atoms with Crippen LogP contribution in [0, 0.1) is 0 Å². The van der Waals surface area contributed by atoms with Gasteiger partial charge < -0.3 is 5.11 Å². The zero-order chi connectivity index (χ0) is 13.9. The van der Waals surface area contributed by atoms with Gasteiger partial charge in [-0.1, -0.05) is 0 Å². The summed E-state index contributed by atoms with van der Waals surface area (Å²) in [6.45, 7) is 0. The summed E-state index contributed by atoms with van der Waals surface area (Å²) in [6.07, 6.45) is 10.9. The zero-order valence-corrected chi connectivity index (χ0v) is 11.1. The summed E-state index contributed by atoms with van der Waals surface area (Å²) in [5.74, 6) is -0.211. The average Bonchev–Trinajstić information content (AvgIpc) is 3.30. The maximum atomic E-state index is 11.2. The monoisotopic (exact) mass is 268 g/mol. The van der Waals surface area contributed by atoms with Crippen molar-refractivity contribution in [3.8, 4) is 0 Å². The lowest BCUT2D eigenvalue weighted by Gasteiger charge is -2.09. The van der Waals surface area contributed by atoms with E-state index in [2.05, 4.69) is 16.0 Å². The highest BCUT2D eigenvalue weighted by Crippen LogP contribution is 2.41. The van der Waals surface area contributed by atoms with Gasteiger partial charge in [0.05, 0.1) is 5.56 Å². The number of hydrogen-bond donors (Lipinski definition) is 1. The van der Waals surface area contributed by atoms with Crippen molar-refractivity contribution in [2.45, 2.75) is 31.6 Å². The molecular formula is C16H16N2O2. The van der Waals surface area contributed by atoms with E-state index in [0.29, 0.717) is 17.9 Å². The molecule has 4 nitrogen and oxygen atoms in total. The number of aromatic carboxylic acids is 1. The second-order valence-electron chi connectivity index (χ2n) is 5.19. The van der Waals surface area contributed by atoms with E-state index in [0.717, 1.165) is 12.0 Å². The van der Waals surface area contributed by atoms with Gasteiger partial charge in [-0.05, 0) is 60.4 Å². The van der Waals surface area contributed by atoms with Crippen LogP contribution in [0.5, 0.6) is 0 Å². The summed E-state index contributed by atoms with van der Waals surface area (Å²) in [4.78, 5) is 19.4. The van der Waals surface area contributed by atoms with Crippen LogP contribution in [0.3, 0.4) is 0 Å². The molecule has 1 N–H and O–H groups in total. The predicted molar refractivity (Wildman–Crippen MR) is 74.8 cm³/mol. The van der Waals surface area contributed by atoms with Crippen LogP contribution < -0.4 is 0 Å². The van der Waals surface area contributed by atoms with E-state index in [9.17, 15) is 9.90 Å². The Balaban J connectivity index is 1.79. The van der Waals surface area contributed by atoms with Crippen molar-refractivity contribution >= 4 is 5.97 Å². The van der Waals surface area contributed by atoms with Crippen molar-refractivity contribution < 1.29 is 9.90 Å². The lowest BCUT2D eigenvalue weighted by atomic mass is 9.98. The molecule has 4 heteroatoms. The van der Waals surface area contributed by atoms with Gasteiger partial charge in [0.1, 0.15) is 0 Å². The molecule has 0 unspecified atom stereocenters. The van der Waals surface area contributed by atoms with Gasteiger partial charge in [0.2, 0.25) is 0 Å². The Morgan fingerprint density at radius 1 is 1.10 bits per heavy atom. The van der Waals surface area contributed by atoms with Crippen LogP contribution in [0.4, 0.5) is 0 Å². The third-order valence-corrected chi connectivity index (χ3v) is 3.76. The molecule has 1 fully saturated rings. The molecule has 0 aliphatic heterocycles. The second-order valence-corrected chi connectivity index (χ2v) is 5.19. The second kappa shape index (κ2) is 5.41. The molecular weight excluding hydrogens is 252 g/mol. The highest BCUT2D eigenvalue weighted by Gasteiger charge is 2.25. The Kier molecular flexibility index (Phi) is 3.46. The maximum absolute atomic E-state index is 11.2. The molecule has 0 spiro atoms. The Hall–Kier alpha value is -2.23. The fourth-order valence-corrected chi connectivity index (χ4v) is 2.54. The first kappa shape index (κ1) is 12.8. The molecule has 2 heterocycles. The Bertz CT molecular complexity index is 636. The van der Waals surface area contributed by atoms with E-state index >= 15 is 0 Å². The highest BCUT2D eigenvalue weighted by atomic mass is 16.4. The van der Waals surface area contributed by atoms with E-state index in [1.54, 1.807) is 12.3 Å². The number of pyridine rings is 2. The third kappa shape index (κ3) is 2.69. The third-order valence-electron chi connectivity index (χ3n) is 3.76. The Labute approximate surface area is 117 Å². The van der Waals surface area contributed by atoms with E-state index in [4.69, 9.17) is 0 Å². The first-order valence-corrected chi connectivity index (χ1v) is 6.84. The van der Waals surface area contributed by atoms with Crippen molar-refractivity contribution in [2.24, 2.45) is 0 Å². The Morgan fingerprint density at radius 3 is 2.45 bits per heavy atom. The van der Waals surface area contributed by atoms with Gasteiger partial charge >= 0.3 is 5.97 Å². The smallest absolute Gasteiger partial charge is 0.336 e. The number of carboxylic acid groups (broad SMARTS) is 1. The first-order valence-electron chi connectivity index (χ1n) is 6.84. The molecule has 0 amide bonds. The van der Waals surface area contributed by atoms with Crippen LogP contribution in [0.1, 0.15) is 45.8 Å². The number of aromatic nitrogens is 2. The zero-order valence-electron chi connectivity index (χ0n) is 11.1. The van der Waals surface area contributed by atoms with E-state index in [-0.39, 0.29) is 0 Å². The largest absolute Gasteiger partial charge is 0.478 e. The number of carboxylic acids is 1. The molecule has 102 valence electrons. The molecule has 2 aromatic rings. The van der Waals surface area contributed by atoms with Crippen LogP contribution in [0.15, 0.2) is 36.9 Å². The molecule has 1 aliphatic rings. The molecule has 2 aromatic heterocycles. The standard InChI is InChI=1S/C16H16N2O2/c19-16(20)15-6-8-18-10-13(15)4-3-12-9-17-7-5-14(12)11-1-2-11/h5-11H,1-4H2,(H,19,20). The molecule has 3 rings (SSSR count). The molecule has 0 aromatic carbocycles. The van der Waals surface area contributed by atoms with Crippen molar-refractivity contribution in [1.29, 1.82) is 0 Å². The van der Waals surface area contributed by atoms with Crippen LogP contribution in [0.2, 0.25) is 0 Å². The highest BCUT2D eigenvalue weighted by molar-refractivity contribution is 5.89. The molecule has 0 atom stereocenters. The summed E-state index contributed by atoms with van der Waals surface area (Å²) < 4.78 is 0. The number of nitrogens with zero attached hydrogens (tertiary/aromatic N) is 2. The lowest BCUT2D eigenvalue weighted by molar-refractivity contribution is 0.0695. The van der Waals surface area contributed by atoms with Crippen LogP contribution in [0.25, 0.3) is 0 Å². The molecule has 20 heavy (non-hydrogen) atoms. The molecule has 1 saturated carbocycles. The molecule has 1 aliphatic carbocycles. The Morgan fingerprint density at radius 2 is 1.75 bits per heavy atom. The quantitative estimate of drug-likeness (QED) is 0.905. The van der Waals surface area contributed by atoms with Crippen LogP contribution in [-0.4, -0.2) is 21.0 Å². The minimum Gasteiger partial charge on any atom is -0.478 e. The van der Waals surface area contributed by atoms with Gasteiger partial charge in [0, 0.05) is 24.8 Å². The predicted octanol–water partition coefficient (Wildman–Crippen LogP) is 2.84. The molecule has 0 saturated heterocycles. The fourth-order valence-electron chi connectivity index (χ4n) is 2.54. The number of aryl methyl sites for hydroxylation is 2.